The van der Waals surface area contributed by atoms with E-state index in [4.69, 9.17) is 5.73 Å². The summed E-state index contributed by atoms with van der Waals surface area (Å²) in [6, 6.07) is 0. The molecule has 1 saturated heterocycles. The Bertz CT molecular complexity index is 441. The fourth-order valence-electron chi connectivity index (χ4n) is 2.70. The average molecular weight is 267 g/mol. The van der Waals surface area contributed by atoms with Gasteiger partial charge >= 0.3 is 0 Å². The standard InChI is InChI=1S/C13H25N5O/c1-10-11(14)12(16(4)15-10)18-7-5-17(6-8-18)9-13(2,3)19/h19H,5-9,14H2,1-4H3. The Labute approximate surface area is 114 Å². The molecule has 3 N–H and O–H groups in total. The molecular formula is C13H25N5O. The first-order chi connectivity index (χ1) is 8.78. The highest BCUT2D eigenvalue weighted by molar-refractivity contribution is 5.66. The molecular weight excluding hydrogens is 242 g/mol. The maximum atomic E-state index is 9.86. The molecule has 0 radical (unpaired) electrons. The van der Waals surface area contributed by atoms with E-state index in [0.29, 0.717) is 6.54 Å². The molecule has 1 aromatic heterocycles. The van der Waals surface area contributed by atoms with Gasteiger partial charge in [0.1, 0.15) is 5.82 Å². The van der Waals surface area contributed by atoms with Gasteiger partial charge in [-0.05, 0) is 20.8 Å². The molecule has 6 heteroatoms. The first-order valence-corrected chi connectivity index (χ1v) is 6.77. The number of aryl methyl sites for hydroxylation is 2. The van der Waals surface area contributed by atoms with Crippen molar-refractivity contribution < 1.29 is 5.11 Å². The van der Waals surface area contributed by atoms with Crippen molar-refractivity contribution in [2.75, 3.05) is 43.4 Å². The number of aliphatic hydroxyl groups is 1. The molecule has 2 rings (SSSR count). The van der Waals surface area contributed by atoms with Gasteiger partial charge in [-0.25, -0.2) is 0 Å². The summed E-state index contributed by atoms with van der Waals surface area (Å²) in [4.78, 5) is 4.56. The van der Waals surface area contributed by atoms with Crippen LogP contribution < -0.4 is 10.6 Å². The van der Waals surface area contributed by atoms with Crippen molar-refractivity contribution in [3.05, 3.63) is 5.69 Å². The quantitative estimate of drug-likeness (QED) is 0.819. The number of anilines is 2. The molecule has 0 bridgehead atoms. The lowest BCUT2D eigenvalue weighted by Gasteiger charge is -2.38. The number of nitrogens with two attached hydrogens (primary N) is 1. The second-order valence-electron chi connectivity index (χ2n) is 6.02. The fourth-order valence-corrected chi connectivity index (χ4v) is 2.70. The van der Waals surface area contributed by atoms with Gasteiger partial charge in [0.05, 0.1) is 17.0 Å². The van der Waals surface area contributed by atoms with E-state index in [1.165, 1.54) is 0 Å². The topological polar surface area (TPSA) is 70.5 Å². The zero-order valence-corrected chi connectivity index (χ0v) is 12.3. The maximum Gasteiger partial charge on any atom is 0.150 e. The van der Waals surface area contributed by atoms with E-state index in [1.54, 1.807) is 0 Å². The first-order valence-electron chi connectivity index (χ1n) is 6.77. The molecule has 108 valence electrons. The fraction of sp³-hybridized carbons (Fsp3) is 0.769. The molecule has 1 fully saturated rings. The van der Waals surface area contributed by atoms with Gasteiger partial charge in [0, 0.05) is 39.8 Å². The predicted octanol–water partition coefficient (Wildman–Crippen LogP) is 0.204. The Morgan fingerprint density at radius 3 is 2.26 bits per heavy atom. The van der Waals surface area contributed by atoms with Crippen LogP contribution in [0.1, 0.15) is 19.5 Å². The normalized spacial score (nSPS) is 18.1. The third-order valence-corrected chi connectivity index (χ3v) is 3.52. The number of piperazine rings is 1. The number of hydrogen-bond donors (Lipinski definition) is 2. The molecule has 19 heavy (non-hydrogen) atoms. The molecule has 2 heterocycles. The van der Waals surface area contributed by atoms with Crippen LogP contribution in [0.15, 0.2) is 0 Å². The van der Waals surface area contributed by atoms with Gasteiger partial charge in [-0.3, -0.25) is 9.58 Å². The molecule has 1 aliphatic rings. The Balaban J connectivity index is 2.00. The van der Waals surface area contributed by atoms with Crippen LogP contribution in [0.4, 0.5) is 11.5 Å². The molecule has 0 aliphatic carbocycles. The minimum Gasteiger partial charge on any atom is -0.394 e. The van der Waals surface area contributed by atoms with Crippen LogP contribution >= 0.6 is 0 Å². The van der Waals surface area contributed by atoms with Crippen molar-refractivity contribution in [1.82, 2.24) is 14.7 Å². The Hall–Kier alpha value is -1.27. The number of hydrogen-bond acceptors (Lipinski definition) is 5. The van der Waals surface area contributed by atoms with Crippen molar-refractivity contribution in [3.63, 3.8) is 0 Å². The van der Waals surface area contributed by atoms with E-state index in [9.17, 15) is 5.11 Å². The number of rotatable bonds is 3. The Morgan fingerprint density at radius 2 is 1.84 bits per heavy atom. The van der Waals surface area contributed by atoms with E-state index in [2.05, 4.69) is 14.9 Å². The summed E-state index contributed by atoms with van der Waals surface area (Å²) < 4.78 is 1.86. The number of nitrogens with zero attached hydrogens (tertiary/aromatic N) is 4. The molecule has 6 nitrogen and oxygen atoms in total. The van der Waals surface area contributed by atoms with Crippen molar-refractivity contribution in [1.29, 1.82) is 0 Å². The lowest BCUT2D eigenvalue weighted by molar-refractivity contribution is 0.0344. The summed E-state index contributed by atoms with van der Waals surface area (Å²) >= 11 is 0. The van der Waals surface area contributed by atoms with Crippen LogP contribution in [-0.4, -0.2) is 58.1 Å². The van der Waals surface area contributed by atoms with Crippen LogP contribution in [0.25, 0.3) is 0 Å². The molecule has 0 saturated carbocycles. The molecule has 0 aromatic carbocycles. The summed E-state index contributed by atoms with van der Waals surface area (Å²) in [5.41, 5.74) is 7.12. The minimum atomic E-state index is -0.635. The highest BCUT2D eigenvalue weighted by Crippen LogP contribution is 2.26. The molecule has 0 atom stereocenters. The van der Waals surface area contributed by atoms with E-state index >= 15 is 0 Å². The average Bonchev–Trinajstić information content (AvgIpc) is 2.53. The van der Waals surface area contributed by atoms with Crippen molar-refractivity contribution in [2.24, 2.45) is 7.05 Å². The molecule has 0 spiro atoms. The third kappa shape index (κ3) is 3.19. The molecule has 1 aliphatic heterocycles. The summed E-state index contributed by atoms with van der Waals surface area (Å²) in [6.07, 6.45) is 0. The summed E-state index contributed by atoms with van der Waals surface area (Å²) in [5.74, 6) is 1.01. The van der Waals surface area contributed by atoms with Crippen molar-refractivity contribution in [2.45, 2.75) is 26.4 Å². The number of β-amino-alcohol motifs (C(OH)–C–C–N with tert-alkyl or cyclic N) is 1. The molecule has 1 aromatic rings. The van der Waals surface area contributed by atoms with Crippen LogP contribution in [-0.2, 0) is 7.05 Å². The van der Waals surface area contributed by atoms with E-state index in [0.717, 1.165) is 43.4 Å². The van der Waals surface area contributed by atoms with Gasteiger partial charge in [0.15, 0.2) is 0 Å². The smallest absolute Gasteiger partial charge is 0.150 e. The van der Waals surface area contributed by atoms with Gasteiger partial charge in [0.25, 0.3) is 0 Å². The van der Waals surface area contributed by atoms with Crippen LogP contribution in [0, 0.1) is 6.92 Å². The second kappa shape index (κ2) is 5.02. The third-order valence-electron chi connectivity index (χ3n) is 3.52. The summed E-state index contributed by atoms with van der Waals surface area (Å²) in [5, 5.41) is 14.2. The van der Waals surface area contributed by atoms with Crippen LogP contribution in [0.2, 0.25) is 0 Å². The first kappa shape index (κ1) is 14.1. The molecule has 0 unspecified atom stereocenters. The number of nitrogen functional groups attached to an aromatic ring is 1. The van der Waals surface area contributed by atoms with Gasteiger partial charge in [-0.2, -0.15) is 5.10 Å². The van der Waals surface area contributed by atoms with Crippen molar-refractivity contribution >= 4 is 11.5 Å². The highest BCUT2D eigenvalue weighted by Gasteiger charge is 2.25. The van der Waals surface area contributed by atoms with Crippen LogP contribution in [0.5, 0.6) is 0 Å². The monoisotopic (exact) mass is 267 g/mol. The largest absolute Gasteiger partial charge is 0.394 e. The van der Waals surface area contributed by atoms with Gasteiger partial charge in [-0.15, -0.1) is 0 Å². The lowest BCUT2D eigenvalue weighted by atomic mass is 10.1. The van der Waals surface area contributed by atoms with E-state index in [-0.39, 0.29) is 0 Å². The maximum absolute atomic E-state index is 9.86. The highest BCUT2D eigenvalue weighted by atomic mass is 16.3. The SMILES string of the molecule is Cc1nn(C)c(N2CCN(CC(C)(C)O)CC2)c1N. The predicted molar refractivity (Wildman–Crippen MR) is 77.3 cm³/mol. The zero-order chi connectivity index (χ0) is 14.2. The summed E-state index contributed by atoms with van der Waals surface area (Å²) in [6.45, 7) is 10.0. The van der Waals surface area contributed by atoms with Crippen molar-refractivity contribution in [3.8, 4) is 0 Å². The van der Waals surface area contributed by atoms with Gasteiger partial charge < -0.3 is 15.7 Å². The Kier molecular flexibility index (Phi) is 3.73. The van der Waals surface area contributed by atoms with Gasteiger partial charge in [-0.1, -0.05) is 0 Å². The zero-order valence-electron chi connectivity index (χ0n) is 12.3. The van der Waals surface area contributed by atoms with E-state index < -0.39 is 5.60 Å². The minimum absolute atomic E-state index is 0.635. The van der Waals surface area contributed by atoms with E-state index in [1.807, 2.05) is 32.5 Å². The van der Waals surface area contributed by atoms with Crippen LogP contribution in [0.3, 0.4) is 0 Å². The Morgan fingerprint density at radius 1 is 1.26 bits per heavy atom. The number of aromatic nitrogens is 2. The second-order valence-corrected chi connectivity index (χ2v) is 6.02. The lowest BCUT2D eigenvalue weighted by Crippen LogP contribution is -2.51. The molecule has 0 amide bonds. The summed E-state index contributed by atoms with van der Waals surface area (Å²) in [7, 11) is 1.93. The van der Waals surface area contributed by atoms with Gasteiger partial charge in [0.2, 0.25) is 0 Å².